The van der Waals surface area contributed by atoms with Crippen molar-refractivity contribution < 1.29 is 4.74 Å². The topological polar surface area (TPSA) is 59.9 Å². The van der Waals surface area contributed by atoms with E-state index in [1.54, 1.807) is 19.6 Å². The number of fused-ring (bicyclic) bond motifs is 1. The molecule has 2 aromatic rings. The first-order valence-electron chi connectivity index (χ1n) is 7.43. The molecule has 0 aliphatic heterocycles. The molecule has 0 fully saturated rings. The number of ether oxygens (including phenoxy) is 1. The highest BCUT2D eigenvalue weighted by molar-refractivity contribution is 5.47. The molecule has 2 aromatic heterocycles. The van der Waals surface area contributed by atoms with Crippen molar-refractivity contribution in [3.8, 4) is 5.88 Å². The highest BCUT2D eigenvalue weighted by atomic mass is 16.5. The summed E-state index contributed by atoms with van der Waals surface area (Å²) in [6, 6.07) is 3.93. The Labute approximate surface area is 124 Å². The largest absolute Gasteiger partial charge is 0.481 e. The molecule has 0 saturated carbocycles. The van der Waals surface area contributed by atoms with Gasteiger partial charge in [0.15, 0.2) is 0 Å². The minimum absolute atomic E-state index is 0.653. The first kappa shape index (κ1) is 13.8. The fourth-order valence-electron chi connectivity index (χ4n) is 2.77. The molecule has 2 heterocycles. The van der Waals surface area contributed by atoms with Crippen LogP contribution in [0.1, 0.15) is 36.1 Å². The highest BCUT2D eigenvalue weighted by Crippen LogP contribution is 2.24. The predicted molar refractivity (Wildman–Crippen MR) is 81.4 cm³/mol. The van der Waals surface area contributed by atoms with Gasteiger partial charge in [0.25, 0.3) is 0 Å². The number of anilines is 1. The van der Waals surface area contributed by atoms with Crippen LogP contribution in [-0.4, -0.2) is 22.1 Å². The van der Waals surface area contributed by atoms with E-state index >= 15 is 0 Å². The summed E-state index contributed by atoms with van der Waals surface area (Å²) < 4.78 is 5.28. The van der Waals surface area contributed by atoms with Gasteiger partial charge in [0.1, 0.15) is 12.1 Å². The van der Waals surface area contributed by atoms with E-state index in [1.807, 2.05) is 12.1 Å². The molecule has 21 heavy (non-hydrogen) atoms. The van der Waals surface area contributed by atoms with E-state index in [2.05, 4.69) is 20.3 Å². The first-order valence-corrected chi connectivity index (χ1v) is 7.43. The van der Waals surface area contributed by atoms with Gasteiger partial charge in [-0.2, -0.15) is 0 Å². The van der Waals surface area contributed by atoms with Gasteiger partial charge < -0.3 is 10.1 Å². The zero-order chi connectivity index (χ0) is 14.5. The van der Waals surface area contributed by atoms with Crippen molar-refractivity contribution in [3.63, 3.8) is 0 Å². The Morgan fingerprint density at radius 1 is 1.14 bits per heavy atom. The van der Waals surface area contributed by atoms with Gasteiger partial charge in [0.2, 0.25) is 5.88 Å². The van der Waals surface area contributed by atoms with Crippen LogP contribution in [0.4, 0.5) is 5.82 Å². The highest BCUT2D eigenvalue weighted by Gasteiger charge is 2.14. The minimum atomic E-state index is 0.653. The van der Waals surface area contributed by atoms with E-state index in [0.29, 0.717) is 12.4 Å². The second-order valence-corrected chi connectivity index (χ2v) is 5.23. The number of hydrogen-bond donors (Lipinski definition) is 1. The van der Waals surface area contributed by atoms with Crippen LogP contribution in [0.2, 0.25) is 0 Å². The number of rotatable bonds is 4. The van der Waals surface area contributed by atoms with Crippen molar-refractivity contribution in [1.29, 1.82) is 0 Å². The molecule has 0 radical (unpaired) electrons. The lowest BCUT2D eigenvalue weighted by molar-refractivity contribution is 0.393. The third kappa shape index (κ3) is 3.12. The molecule has 0 atom stereocenters. The Hall–Kier alpha value is -2.17. The smallest absolute Gasteiger partial charge is 0.218 e. The molecule has 0 aromatic carbocycles. The summed E-state index contributed by atoms with van der Waals surface area (Å²) in [5.41, 5.74) is 3.50. The van der Waals surface area contributed by atoms with Crippen molar-refractivity contribution in [1.82, 2.24) is 15.0 Å². The Kier molecular flexibility index (Phi) is 4.28. The normalized spacial score (nSPS) is 14.1. The summed E-state index contributed by atoms with van der Waals surface area (Å²) in [6.45, 7) is 0.653. The van der Waals surface area contributed by atoms with E-state index in [1.165, 1.54) is 30.5 Å². The lowest BCUT2D eigenvalue weighted by Gasteiger charge is -2.13. The van der Waals surface area contributed by atoms with E-state index < -0.39 is 0 Å². The zero-order valence-electron chi connectivity index (χ0n) is 12.3. The number of pyridine rings is 1. The van der Waals surface area contributed by atoms with Crippen molar-refractivity contribution in [2.75, 3.05) is 12.4 Å². The number of hydrogen-bond acceptors (Lipinski definition) is 5. The Morgan fingerprint density at radius 3 is 2.95 bits per heavy atom. The van der Waals surface area contributed by atoms with E-state index in [9.17, 15) is 0 Å². The SMILES string of the molecule is COc1ncccc1CNc1ncnc2c1CCCCC2. The summed E-state index contributed by atoms with van der Waals surface area (Å²) in [6.07, 6.45) is 9.22. The maximum atomic E-state index is 5.28. The van der Waals surface area contributed by atoms with Crippen molar-refractivity contribution in [2.45, 2.75) is 38.6 Å². The third-order valence-electron chi connectivity index (χ3n) is 3.86. The van der Waals surface area contributed by atoms with Crippen molar-refractivity contribution in [3.05, 3.63) is 41.5 Å². The van der Waals surface area contributed by atoms with Crippen LogP contribution in [0.25, 0.3) is 0 Å². The molecule has 3 rings (SSSR count). The molecule has 5 nitrogen and oxygen atoms in total. The van der Waals surface area contributed by atoms with Crippen LogP contribution in [-0.2, 0) is 19.4 Å². The van der Waals surface area contributed by atoms with Crippen LogP contribution in [0.5, 0.6) is 5.88 Å². The standard InChI is InChI=1S/C16H20N4O/c1-21-16-12(6-5-9-17-16)10-18-15-13-7-3-2-4-8-14(13)19-11-20-15/h5-6,9,11H,2-4,7-8,10H2,1H3,(H,18,19,20). The Balaban J connectivity index is 1.79. The van der Waals surface area contributed by atoms with Crippen LogP contribution >= 0.6 is 0 Å². The monoisotopic (exact) mass is 284 g/mol. The van der Waals surface area contributed by atoms with E-state index in [4.69, 9.17) is 4.74 Å². The average molecular weight is 284 g/mol. The molecular weight excluding hydrogens is 264 g/mol. The first-order chi connectivity index (χ1) is 10.4. The van der Waals surface area contributed by atoms with E-state index in [-0.39, 0.29) is 0 Å². The number of methoxy groups -OCH3 is 1. The molecule has 1 aliphatic carbocycles. The van der Waals surface area contributed by atoms with Crippen LogP contribution in [0.15, 0.2) is 24.7 Å². The molecule has 0 bridgehead atoms. The summed E-state index contributed by atoms with van der Waals surface area (Å²) >= 11 is 0. The second-order valence-electron chi connectivity index (χ2n) is 5.23. The number of aromatic nitrogens is 3. The summed E-state index contributed by atoms with van der Waals surface area (Å²) in [4.78, 5) is 13.1. The van der Waals surface area contributed by atoms with Gasteiger partial charge in [-0.15, -0.1) is 0 Å². The Bertz CT molecular complexity index is 615. The van der Waals surface area contributed by atoms with Gasteiger partial charge in [-0.1, -0.05) is 12.5 Å². The van der Waals surface area contributed by atoms with Crippen molar-refractivity contribution >= 4 is 5.82 Å². The molecule has 0 spiro atoms. The quantitative estimate of drug-likeness (QED) is 0.875. The summed E-state index contributed by atoms with van der Waals surface area (Å²) in [5, 5.41) is 3.42. The fraction of sp³-hybridized carbons (Fsp3) is 0.438. The summed E-state index contributed by atoms with van der Waals surface area (Å²) in [5.74, 6) is 1.61. The predicted octanol–water partition coefficient (Wildman–Crippen LogP) is 2.76. The lowest BCUT2D eigenvalue weighted by Crippen LogP contribution is -2.09. The maximum Gasteiger partial charge on any atom is 0.218 e. The van der Waals surface area contributed by atoms with Gasteiger partial charge >= 0.3 is 0 Å². The average Bonchev–Trinajstić information content (AvgIpc) is 2.79. The zero-order valence-corrected chi connectivity index (χ0v) is 12.3. The van der Waals surface area contributed by atoms with Gasteiger partial charge in [0, 0.05) is 29.6 Å². The van der Waals surface area contributed by atoms with Gasteiger partial charge in [0.05, 0.1) is 7.11 Å². The van der Waals surface area contributed by atoms with Crippen LogP contribution in [0.3, 0.4) is 0 Å². The minimum Gasteiger partial charge on any atom is -0.481 e. The maximum absolute atomic E-state index is 5.28. The van der Waals surface area contributed by atoms with Crippen molar-refractivity contribution in [2.24, 2.45) is 0 Å². The molecular formula is C16H20N4O. The van der Waals surface area contributed by atoms with Gasteiger partial charge in [-0.05, 0) is 31.7 Å². The van der Waals surface area contributed by atoms with Crippen LogP contribution < -0.4 is 10.1 Å². The third-order valence-corrected chi connectivity index (χ3v) is 3.86. The number of aryl methyl sites for hydroxylation is 1. The molecule has 5 heteroatoms. The molecule has 1 N–H and O–H groups in total. The van der Waals surface area contributed by atoms with Crippen LogP contribution in [0, 0.1) is 0 Å². The molecule has 110 valence electrons. The molecule has 1 aliphatic rings. The number of nitrogens with one attached hydrogen (secondary N) is 1. The molecule has 0 unspecified atom stereocenters. The molecule has 0 amide bonds. The van der Waals surface area contributed by atoms with E-state index in [0.717, 1.165) is 24.2 Å². The fourth-order valence-corrected chi connectivity index (χ4v) is 2.77. The van der Waals surface area contributed by atoms with Gasteiger partial charge in [-0.3, -0.25) is 0 Å². The van der Waals surface area contributed by atoms with Gasteiger partial charge in [-0.25, -0.2) is 15.0 Å². The second kappa shape index (κ2) is 6.52. The molecule has 0 saturated heterocycles. The summed E-state index contributed by atoms with van der Waals surface area (Å²) in [7, 11) is 1.64. The Morgan fingerprint density at radius 2 is 2.05 bits per heavy atom. The number of nitrogens with zero attached hydrogens (tertiary/aromatic N) is 3. The lowest BCUT2D eigenvalue weighted by atomic mass is 10.1.